The van der Waals surface area contributed by atoms with E-state index in [2.05, 4.69) is 40.3 Å². The van der Waals surface area contributed by atoms with Gasteiger partial charge in [0.1, 0.15) is 0 Å². The molecule has 0 radical (unpaired) electrons. The van der Waals surface area contributed by atoms with Crippen molar-refractivity contribution in [2.24, 2.45) is 5.73 Å². The molecule has 0 atom stereocenters. The normalized spacial score (nSPS) is 9.92. The lowest BCUT2D eigenvalue weighted by Gasteiger charge is -2.05. The van der Waals surface area contributed by atoms with E-state index in [0.717, 1.165) is 16.7 Å². The van der Waals surface area contributed by atoms with Crippen molar-refractivity contribution >= 4 is 21.6 Å². The molecule has 0 aliphatic carbocycles. The van der Waals surface area contributed by atoms with Crippen molar-refractivity contribution in [3.05, 3.63) is 28.2 Å². The number of hydrogen-bond donors (Lipinski definition) is 2. The lowest BCUT2D eigenvalue weighted by molar-refractivity contribution is 1.02. The van der Waals surface area contributed by atoms with Crippen LogP contribution in [0.15, 0.2) is 22.7 Å². The van der Waals surface area contributed by atoms with Gasteiger partial charge in [-0.15, -0.1) is 0 Å². The van der Waals surface area contributed by atoms with Crippen molar-refractivity contribution in [2.45, 2.75) is 6.92 Å². The lowest BCUT2D eigenvalue weighted by atomic mass is 10.2. The van der Waals surface area contributed by atoms with E-state index in [1.54, 1.807) is 0 Å². The summed E-state index contributed by atoms with van der Waals surface area (Å²) in [6, 6.07) is 6.22. The Bertz CT molecular complexity index is 240. The molecule has 0 aliphatic rings. The van der Waals surface area contributed by atoms with Gasteiger partial charge < -0.3 is 11.1 Å². The van der Waals surface area contributed by atoms with Gasteiger partial charge in [0, 0.05) is 23.2 Å². The number of rotatable bonds is 3. The summed E-state index contributed by atoms with van der Waals surface area (Å²) in [4.78, 5) is 0. The number of hydrogen-bond acceptors (Lipinski definition) is 2. The summed E-state index contributed by atoms with van der Waals surface area (Å²) in [5, 5.41) is 3.22. The fourth-order valence-corrected chi connectivity index (χ4v) is 1.66. The predicted octanol–water partition coefficient (Wildman–Crippen LogP) is 2.13. The Kier molecular flexibility index (Phi) is 3.56. The smallest absolute Gasteiger partial charge is 0.0354 e. The molecule has 66 valence electrons. The molecule has 0 fully saturated rings. The topological polar surface area (TPSA) is 38.0 Å². The van der Waals surface area contributed by atoms with Crippen molar-refractivity contribution in [2.75, 3.05) is 18.4 Å². The summed E-state index contributed by atoms with van der Waals surface area (Å²) < 4.78 is 1.10. The van der Waals surface area contributed by atoms with Crippen LogP contribution < -0.4 is 11.1 Å². The van der Waals surface area contributed by atoms with Crippen LogP contribution in [-0.4, -0.2) is 13.1 Å². The first-order valence-corrected chi connectivity index (χ1v) is 4.73. The van der Waals surface area contributed by atoms with Crippen LogP contribution in [-0.2, 0) is 0 Å². The van der Waals surface area contributed by atoms with Crippen molar-refractivity contribution in [3.8, 4) is 0 Å². The van der Waals surface area contributed by atoms with Crippen LogP contribution in [0.2, 0.25) is 0 Å². The van der Waals surface area contributed by atoms with Crippen LogP contribution in [0.1, 0.15) is 5.56 Å². The number of halogens is 1. The Morgan fingerprint density at radius 3 is 2.75 bits per heavy atom. The van der Waals surface area contributed by atoms with E-state index in [9.17, 15) is 0 Å². The second kappa shape index (κ2) is 4.48. The number of anilines is 1. The molecule has 3 heteroatoms. The number of aryl methyl sites for hydroxylation is 1. The Hall–Kier alpha value is -0.540. The van der Waals surface area contributed by atoms with Gasteiger partial charge in [0.2, 0.25) is 0 Å². The van der Waals surface area contributed by atoms with Gasteiger partial charge in [0.15, 0.2) is 0 Å². The second-order valence-electron chi connectivity index (χ2n) is 2.73. The minimum Gasteiger partial charge on any atom is -0.384 e. The molecular weight excluding hydrogens is 216 g/mol. The predicted molar refractivity (Wildman–Crippen MR) is 56.4 cm³/mol. The maximum absolute atomic E-state index is 5.38. The Morgan fingerprint density at radius 2 is 2.17 bits per heavy atom. The number of nitrogens with one attached hydrogen (secondary N) is 1. The van der Waals surface area contributed by atoms with E-state index < -0.39 is 0 Å². The molecule has 0 spiro atoms. The molecule has 0 saturated heterocycles. The first-order chi connectivity index (χ1) is 5.72. The highest BCUT2D eigenvalue weighted by Gasteiger charge is 1.94. The zero-order valence-corrected chi connectivity index (χ0v) is 8.69. The third kappa shape index (κ3) is 2.83. The molecular formula is C9H13BrN2. The monoisotopic (exact) mass is 228 g/mol. The average molecular weight is 229 g/mol. The second-order valence-corrected chi connectivity index (χ2v) is 3.65. The molecule has 1 rings (SSSR count). The molecule has 0 aromatic heterocycles. The highest BCUT2D eigenvalue weighted by Crippen LogP contribution is 2.18. The molecule has 12 heavy (non-hydrogen) atoms. The Morgan fingerprint density at radius 1 is 1.42 bits per heavy atom. The fourth-order valence-electron chi connectivity index (χ4n) is 1.05. The first-order valence-electron chi connectivity index (χ1n) is 3.93. The molecule has 0 amide bonds. The summed E-state index contributed by atoms with van der Waals surface area (Å²) in [5.74, 6) is 0. The highest BCUT2D eigenvalue weighted by molar-refractivity contribution is 9.10. The molecule has 0 unspecified atom stereocenters. The van der Waals surface area contributed by atoms with Gasteiger partial charge >= 0.3 is 0 Å². The van der Waals surface area contributed by atoms with Crippen molar-refractivity contribution in [1.82, 2.24) is 0 Å². The van der Waals surface area contributed by atoms with Gasteiger partial charge in [0.05, 0.1) is 0 Å². The van der Waals surface area contributed by atoms with E-state index in [1.165, 1.54) is 5.56 Å². The van der Waals surface area contributed by atoms with Crippen LogP contribution >= 0.6 is 15.9 Å². The SMILES string of the molecule is Cc1cc(Br)cc(NCCN)c1. The quantitative estimate of drug-likeness (QED) is 0.833. The van der Waals surface area contributed by atoms with E-state index in [0.29, 0.717) is 6.54 Å². The number of nitrogens with two attached hydrogens (primary N) is 1. The lowest BCUT2D eigenvalue weighted by Crippen LogP contribution is -2.13. The Balaban J connectivity index is 2.72. The molecule has 0 aliphatic heterocycles. The van der Waals surface area contributed by atoms with Gasteiger partial charge in [-0.25, -0.2) is 0 Å². The van der Waals surface area contributed by atoms with Crippen LogP contribution in [0, 0.1) is 6.92 Å². The standard InChI is InChI=1S/C9H13BrN2/c1-7-4-8(10)6-9(5-7)12-3-2-11/h4-6,12H,2-3,11H2,1H3. The van der Waals surface area contributed by atoms with Gasteiger partial charge in [-0.1, -0.05) is 15.9 Å². The van der Waals surface area contributed by atoms with Crippen molar-refractivity contribution in [3.63, 3.8) is 0 Å². The molecule has 0 saturated carbocycles. The third-order valence-electron chi connectivity index (χ3n) is 1.52. The zero-order valence-electron chi connectivity index (χ0n) is 7.10. The van der Waals surface area contributed by atoms with E-state index >= 15 is 0 Å². The molecule has 1 aromatic carbocycles. The van der Waals surface area contributed by atoms with Crippen LogP contribution in [0.5, 0.6) is 0 Å². The van der Waals surface area contributed by atoms with Gasteiger partial charge in [-0.3, -0.25) is 0 Å². The first kappa shape index (κ1) is 9.55. The maximum atomic E-state index is 5.38. The van der Waals surface area contributed by atoms with Gasteiger partial charge in [-0.2, -0.15) is 0 Å². The van der Waals surface area contributed by atoms with Gasteiger partial charge in [0.25, 0.3) is 0 Å². The minimum atomic E-state index is 0.658. The summed E-state index contributed by atoms with van der Waals surface area (Å²) in [5.41, 5.74) is 7.74. The van der Waals surface area contributed by atoms with Crippen LogP contribution in [0.25, 0.3) is 0 Å². The molecule has 3 N–H and O–H groups in total. The summed E-state index contributed by atoms with van der Waals surface area (Å²) >= 11 is 3.43. The molecule has 0 bridgehead atoms. The number of benzene rings is 1. The molecule has 2 nitrogen and oxygen atoms in total. The van der Waals surface area contributed by atoms with E-state index in [4.69, 9.17) is 5.73 Å². The van der Waals surface area contributed by atoms with E-state index in [1.807, 2.05) is 6.07 Å². The highest BCUT2D eigenvalue weighted by atomic mass is 79.9. The fraction of sp³-hybridized carbons (Fsp3) is 0.333. The summed E-state index contributed by atoms with van der Waals surface area (Å²) in [6.45, 7) is 3.54. The van der Waals surface area contributed by atoms with Gasteiger partial charge in [-0.05, 0) is 30.7 Å². The molecule has 0 heterocycles. The summed E-state index contributed by atoms with van der Waals surface area (Å²) in [7, 11) is 0. The van der Waals surface area contributed by atoms with Crippen LogP contribution in [0.4, 0.5) is 5.69 Å². The van der Waals surface area contributed by atoms with Crippen LogP contribution in [0.3, 0.4) is 0 Å². The van der Waals surface area contributed by atoms with Crippen molar-refractivity contribution in [1.29, 1.82) is 0 Å². The molecule has 1 aromatic rings. The largest absolute Gasteiger partial charge is 0.384 e. The maximum Gasteiger partial charge on any atom is 0.0354 e. The van der Waals surface area contributed by atoms with Crippen molar-refractivity contribution < 1.29 is 0 Å². The summed E-state index contributed by atoms with van der Waals surface area (Å²) in [6.07, 6.45) is 0. The Labute approximate surface area is 81.3 Å². The zero-order chi connectivity index (χ0) is 8.97. The minimum absolute atomic E-state index is 0.658. The van der Waals surface area contributed by atoms with E-state index in [-0.39, 0.29) is 0 Å². The average Bonchev–Trinajstić information content (AvgIpc) is 1.99. The third-order valence-corrected chi connectivity index (χ3v) is 1.97.